The van der Waals surface area contributed by atoms with Gasteiger partial charge in [0, 0.05) is 45.3 Å². The first-order valence-electron chi connectivity index (χ1n) is 8.29. The van der Waals surface area contributed by atoms with Gasteiger partial charge >= 0.3 is 0 Å². The first-order chi connectivity index (χ1) is 10.7. The van der Waals surface area contributed by atoms with Crippen LogP contribution in [-0.2, 0) is 0 Å². The van der Waals surface area contributed by atoms with Gasteiger partial charge in [-0.1, -0.05) is 12.8 Å². The predicted molar refractivity (Wildman–Crippen MR) is 86.1 cm³/mol. The molecule has 0 unspecified atom stereocenters. The maximum atomic E-state index is 12.6. The Kier molecular flexibility index (Phi) is 4.87. The van der Waals surface area contributed by atoms with E-state index in [4.69, 9.17) is 0 Å². The number of likely N-dealkylation sites (tertiary alicyclic amines) is 1. The number of anilines is 1. The molecule has 0 bridgehead atoms. The minimum atomic E-state index is 0.0553. The summed E-state index contributed by atoms with van der Waals surface area (Å²) in [5.41, 5.74) is 0.533. The first kappa shape index (κ1) is 15.2. The van der Waals surface area contributed by atoms with Gasteiger partial charge in [0.05, 0.1) is 0 Å². The van der Waals surface area contributed by atoms with Crippen LogP contribution in [0.25, 0.3) is 0 Å². The smallest absolute Gasteiger partial charge is 0.272 e. The maximum Gasteiger partial charge on any atom is 0.272 e. The predicted octanol–water partition coefficient (Wildman–Crippen LogP) is 1.24. The summed E-state index contributed by atoms with van der Waals surface area (Å²) >= 11 is 0. The third kappa shape index (κ3) is 3.55. The molecule has 3 rings (SSSR count). The van der Waals surface area contributed by atoms with Gasteiger partial charge in [-0.05, 0) is 19.9 Å². The Morgan fingerprint density at radius 1 is 0.955 bits per heavy atom. The van der Waals surface area contributed by atoms with Crippen molar-refractivity contribution < 1.29 is 4.79 Å². The number of rotatable bonds is 2. The molecule has 6 nitrogen and oxygen atoms in total. The largest absolute Gasteiger partial charge is 0.354 e. The van der Waals surface area contributed by atoms with Crippen LogP contribution in [0.4, 0.5) is 5.82 Å². The Bertz CT molecular complexity index is 505. The number of carbonyl (C=O) groups is 1. The van der Waals surface area contributed by atoms with Crippen LogP contribution in [0.2, 0.25) is 0 Å². The first-order valence-corrected chi connectivity index (χ1v) is 8.29. The molecule has 2 saturated heterocycles. The van der Waals surface area contributed by atoms with E-state index in [2.05, 4.69) is 26.8 Å². The number of hydrogen-bond acceptors (Lipinski definition) is 5. The van der Waals surface area contributed by atoms with Gasteiger partial charge in [-0.25, -0.2) is 9.97 Å². The van der Waals surface area contributed by atoms with Crippen molar-refractivity contribution in [1.29, 1.82) is 0 Å². The summed E-state index contributed by atoms with van der Waals surface area (Å²) in [6, 6.07) is 1.86. The molecule has 22 heavy (non-hydrogen) atoms. The van der Waals surface area contributed by atoms with Crippen molar-refractivity contribution in [2.24, 2.45) is 0 Å². The van der Waals surface area contributed by atoms with Crippen LogP contribution in [0.3, 0.4) is 0 Å². The molecule has 6 heteroatoms. The van der Waals surface area contributed by atoms with E-state index in [9.17, 15) is 4.79 Å². The zero-order chi connectivity index (χ0) is 15.4. The van der Waals surface area contributed by atoms with Gasteiger partial charge in [0.25, 0.3) is 5.91 Å². The van der Waals surface area contributed by atoms with Gasteiger partial charge in [0.2, 0.25) is 0 Å². The van der Waals surface area contributed by atoms with E-state index in [1.165, 1.54) is 19.2 Å². The molecule has 1 aromatic heterocycles. The summed E-state index contributed by atoms with van der Waals surface area (Å²) < 4.78 is 0. The second-order valence-corrected chi connectivity index (χ2v) is 6.26. The second kappa shape index (κ2) is 7.05. The Labute approximate surface area is 132 Å². The highest BCUT2D eigenvalue weighted by Gasteiger charge is 2.21. The SMILES string of the molecule is CN1CCN(c2cc(C(=O)N3CCCCCC3)ncn2)CC1. The fourth-order valence-electron chi connectivity index (χ4n) is 3.11. The molecule has 0 aliphatic carbocycles. The summed E-state index contributed by atoms with van der Waals surface area (Å²) in [5.74, 6) is 0.931. The average molecular weight is 303 g/mol. The molecule has 1 aromatic rings. The lowest BCUT2D eigenvalue weighted by Crippen LogP contribution is -2.45. The molecule has 3 heterocycles. The van der Waals surface area contributed by atoms with Gasteiger partial charge < -0.3 is 14.7 Å². The minimum absolute atomic E-state index is 0.0553. The van der Waals surface area contributed by atoms with Crippen LogP contribution in [0.5, 0.6) is 0 Å². The fourth-order valence-corrected chi connectivity index (χ4v) is 3.11. The van der Waals surface area contributed by atoms with Crippen LogP contribution in [-0.4, -0.2) is 72.0 Å². The molecule has 2 aliphatic rings. The van der Waals surface area contributed by atoms with E-state index in [1.807, 2.05) is 11.0 Å². The molecule has 0 saturated carbocycles. The molecule has 120 valence electrons. The van der Waals surface area contributed by atoms with E-state index >= 15 is 0 Å². The molecule has 2 fully saturated rings. The monoisotopic (exact) mass is 303 g/mol. The molecule has 2 aliphatic heterocycles. The summed E-state index contributed by atoms with van der Waals surface area (Å²) in [7, 11) is 2.13. The highest BCUT2D eigenvalue weighted by molar-refractivity contribution is 5.93. The van der Waals surface area contributed by atoms with Crippen molar-refractivity contribution in [3.8, 4) is 0 Å². The summed E-state index contributed by atoms with van der Waals surface area (Å²) in [6.07, 6.45) is 6.17. The van der Waals surface area contributed by atoms with E-state index in [0.717, 1.165) is 57.9 Å². The molecule has 0 aromatic carbocycles. The molecule has 0 N–H and O–H groups in total. The number of nitrogens with zero attached hydrogens (tertiary/aromatic N) is 5. The molecule has 0 radical (unpaired) electrons. The molecular formula is C16H25N5O. The number of likely N-dealkylation sites (N-methyl/N-ethyl adjacent to an activating group) is 1. The minimum Gasteiger partial charge on any atom is -0.354 e. The van der Waals surface area contributed by atoms with Gasteiger partial charge in [0.15, 0.2) is 0 Å². The number of carbonyl (C=O) groups excluding carboxylic acids is 1. The number of aromatic nitrogens is 2. The molecule has 0 atom stereocenters. The van der Waals surface area contributed by atoms with Gasteiger partial charge in [0.1, 0.15) is 17.8 Å². The van der Waals surface area contributed by atoms with Crippen LogP contribution in [0.15, 0.2) is 12.4 Å². The van der Waals surface area contributed by atoms with E-state index < -0.39 is 0 Å². The lowest BCUT2D eigenvalue weighted by molar-refractivity contribution is 0.0755. The van der Waals surface area contributed by atoms with E-state index in [1.54, 1.807) is 0 Å². The topological polar surface area (TPSA) is 52.6 Å². The maximum absolute atomic E-state index is 12.6. The standard InChI is InChI=1S/C16H25N5O/c1-19-8-10-20(11-9-19)15-12-14(17-13-18-15)16(22)21-6-4-2-3-5-7-21/h12-13H,2-11H2,1H3. The average Bonchev–Trinajstić information content (AvgIpc) is 2.84. The van der Waals surface area contributed by atoms with E-state index in [0.29, 0.717) is 5.69 Å². The third-order valence-electron chi connectivity index (χ3n) is 4.59. The van der Waals surface area contributed by atoms with Gasteiger partial charge in [-0.2, -0.15) is 0 Å². The third-order valence-corrected chi connectivity index (χ3v) is 4.59. The highest BCUT2D eigenvalue weighted by Crippen LogP contribution is 2.16. The number of amides is 1. The second-order valence-electron chi connectivity index (χ2n) is 6.26. The Morgan fingerprint density at radius 3 is 2.32 bits per heavy atom. The van der Waals surface area contributed by atoms with Crippen molar-refractivity contribution in [1.82, 2.24) is 19.8 Å². The van der Waals surface area contributed by atoms with Crippen molar-refractivity contribution in [2.75, 3.05) is 51.2 Å². The van der Waals surface area contributed by atoms with Crippen molar-refractivity contribution in [3.05, 3.63) is 18.1 Å². The van der Waals surface area contributed by atoms with Crippen molar-refractivity contribution in [3.63, 3.8) is 0 Å². The summed E-state index contributed by atoms with van der Waals surface area (Å²) in [4.78, 5) is 27.7. The summed E-state index contributed by atoms with van der Waals surface area (Å²) in [5, 5.41) is 0. The van der Waals surface area contributed by atoms with Gasteiger partial charge in [-0.15, -0.1) is 0 Å². The number of hydrogen-bond donors (Lipinski definition) is 0. The molecular weight excluding hydrogens is 278 g/mol. The van der Waals surface area contributed by atoms with Crippen LogP contribution >= 0.6 is 0 Å². The number of piperazine rings is 1. The Hall–Kier alpha value is -1.69. The normalized spacial score (nSPS) is 20.8. The van der Waals surface area contributed by atoms with Crippen molar-refractivity contribution in [2.45, 2.75) is 25.7 Å². The highest BCUT2D eigenvalue weighted by atomic mass is 16.2. The van der Waals surface area contributed by atoms with Crippen LogP contribution in [0.1, 0.15) is 36.2 Å². The van der Waals surface area contributed by atoms with E-state index in [-0.39, 0.29) is 5.91 Å². The molecule has 0 spiro atoms. The van der Waals surface area contributed by atoms with Crippen molar-refractivity contribution >= 4 is 11.7 Å². The Morgan fingerprint density at radius 2 is 1.64 bits per heavy atom. The summed E-state index contributed by atoms with van der Waals surface area (Å²) in [6.45, 7) is 5.66. The Balaban J connectivity index is 1.71. The molecule has 1 amide bonds. The van der Waals surface area contributed by atoms with Crippen LogP contribution in [0, 0.1) is 0 Å². The lowest BCUT2D eigenvalue weighted by Gasteiger charge is -2.33. The quantitative estimate of drug-likeness (QED) is 0.823. The lowest BCUT2D eigenvalue weighted by atomic mass is 10.2. The van der Waals surface area contributed by atoms with Crippen LogP contribution < -0.4 is 4.90 Å². The van der Waals surface area contributed by atoms with Gasteiger partial charge in [-0.3, -0.25) is 4.79 Å². The zero-order valence-electron chi connectivity index (χ0n) is 13.4. The zero-order valence-corrected chi connectivity index (χ0v) is 13.4. The fraction of sp³-hybridized carbons (Fsp3) is 0.688.